The molecule has 136 valence electrons. The fraction of sp³-hybridized carbons (Fsp3) is 0.650. The van der Waals surface area contributed by atoms with Crippen LogP contribution in [0.25, 0.3) is 0 Å². The van der Waals surface area contributed by atoms with E-state index in [-0.39, 0.29) is 5.91 Å². The second-order valence-electron chi connectivity index (χ2n) is 7.66. The van der Waals surface area contributed by atoms with Crippen molar-refractivity contribution in [1.82, 2.24) is 5.32 Å². The van der Waals surface area contributed by atoms with E-state index in [1.165, 1.54) is 25.7 Å². The highest BCUT2D eigenvalue weighted by Gasteiger charge is 2.54. The lowest BCUT2D eigenvalue weighted by molar-refractivity contribution is 0.0900. The van der Waals surface area contributed by atoms with Crippen LogP contribution in [0.15, 0.2) is 16.6 Å². The molecule has 0 aliphatic heterocycles. The van der Waals surface area contributed by atoms with Crippen molar-refractivity contribution in [2.24, 2.45) is 23.7 Å². The Morgan fingerprint density at radius 1 is 1.24 bits per heavy atom. The second kappa shape index (κ2) is 6.82. The van der Waals surface area contributed by atoms with E-state index < -0.39 is 0 Å². The van der Waals surface area contributed by atoms with Crippen molar-refractivity contribution in [3.63, 3.8) is 0 Å². The van der Waals surface area contributed by atoms with Crippen molar-refractivity contribution < 1.29 is 14.3 Å². The Kier molecular flexibility index (Phi) is 4.69. The van der Waals surface area contributed by atoms with Crippen LogP contribution in [0.1, 0.15) is 49.4 Å². The van der Waals surface area contributed by atoms with Gasteiger partial charge >= 0.3 is 0 Å². The smallest absolute Gasteiger partial charge is 0.251 e. The Bertz CT molecular complexity index is 677. The van der Waals surface area contributed by atoms with Gasteiger partial charge in [-0.05, 0) is 84.3 Å². The number of ether oxygens (including phenoxy) is 2. The molecular formula is C20H26BrNO3. The summed E-state index contributed by atoms with van der Waals surface area (Å²) in [5.74, 6) is 4.55. The van der Waals surface area contributed by atoms with Crippen LogP contribution >= 0.6 is 15.9 Å². The van der Waals surface area contributed by atoms with Gasteiger partial charge in [0.15, 0.2) is 11.5 Å². The summed E-state index contributed by atoms with van der Waals surface area (Å²) < 4.78 is 11.8. The van der Waals surface area contributed by atoms with Crippen molar-refractivity contribution in [2.75, 3.05) is 13.7 Å². The predicted octanol–water partition coefficient (Wildman–Crippen LogP) is 4.41. The van der Waals surface area contributed by atoms with Gasteiger partial charge in [0.25, 0.3) is 5.91 Å². The maximum absolute atomic E-state index is 12.8. The lowest BCUT2D eigenvalue weighted by Gasteiger charge is -2.32. The van der Waals surface area contributed by atoms with E-state index in [2.05, 4.69) is 21.2 Å². The zero-order valence-corrected chi connectivity index (χ0v) is 16.5. The molecule has 25 heavy (non-hydrogen) atoms. The SMILES string of the molecule is CCOc1c(Br)cc(C(=O)NC2CC3CC2C2CCCC32)cc1OC. The molecular weight excluding hydrogens is 382 g/mol. The summed E-state index contributed by atoms with van der Waals surface area (Å²) >= 11 is 3.51. The summed E-state index contributed by atoms with van der Waals surface area (Å²) in [5.41, 5.74) is 0.623. The zero-order valence-electron chi connectivity index (χ0n) is 14.9. The molecule has 0 heterocycles. The molecule has 5 heteroatoms. The Hall–Kier alpha value is -1.23. The molecule has 2 bridgehead atoms. The van der Waals surface area contributed by atoms with E-state index in [0.29, 0.717) is 35.6 Å². The molecule has 5 atom stereocenters. The van der Waals surface area contributed by atoms with Gasteiger partial charge in [0, 0.05) is 11.6 Å². The number of fused-ring (bicyclic) bond motifs is 5. The largest absolute Gasteiger partial charge is 0.493 e. The minimum atomic E-state index is -0.00542. The number of benzene rings is 1. The van der Waals surface area contributed by atoms with Crippen molar-refractivity contribution in [3.8, 4) is 11.5 Å². The van der Waals surface area contributed by atoms with Gasteiger partial charge in [0.05, 0.1) is 18.2 Å². The number of carbonyl (C=O) groups excluding carboxylic acids is 1. The molecule has 4 nitrogen and oxygen atoms in total. The van der Waals surface area contributed by atoms with Crippen LogP contribution in [0.3, 0.4) is 0 Å². The number of hydrogen-bond donors (Lipinski definition) is 1. The molecule has 4 rings (SSSR count). The van der Waals surface area contributed by atoms with Gasteiger partial charge in [-0.25, -0.2) is 0 Å². The number of hydrogen-bond acceptors (Lipinski definition) is 3. The maximum atomic E-state index is 12.8. The highest BCUT2D eigenvalue weighted by Crippen LogP contribution is 2.58. The number of carbonyl (C=O) groups is 1. The van der Waals surface area contributed by atoms with Gasteiger partial charge in [-0.15, -0.1) is 0 Å². The van der Waals surface area contributed by atoms with E-state index >= 15 is 0 Å². The van der Waals surface area contributed by atoms with Crippen LogP contribution in [0, 0.1) is 23.7 Å². The van der Waals surface area contributed by atoms with Crippen LogP contribution in [0.4, 0.5) is 0 Å². The Morgan fingerprint density at radius 3 is 2.80 bits per heavy atom. The standard InChI is InChI=1S/C20H26BrNO3/c1-3-25-19-16(21)8-12(10-18(19)24-2)20(23)22-17-9-11-7-15(17)14-6-4-5-13(11)14/h8,10-11,13-15,17H,3-7,9H2,1-2H3,(H,22,23). The van der Waals surface area contributed by atoms with Crippen LogP contribution in [-0.2, 0) is 0 Å². The molecule has 1 N–H and O–H groups in total. The van der Waals surface area contributed by atoms with Gasteiger partial charge in [0.2, 0.25) is 0 Å². The molecule has 0 aromatic heterocycles. The fourth-order valence-corrected chi connectivity index (χ4v) is 6.18. The van der Waals surface area contributed by atoms with E-state index in [0.717, 1.165) is 28.6 Å². The van der Waals surface area contributed by atoms with Gasteiger partial charge in [-0.2, -0.15) is 0 Å². The van der Waals surface area contributed by atoms with Gasteiger partial charge in [-0.1, -0.05) is 6.42 Å². The zero-order chi connectivity index (χ0) is 17.6. The van der Waals surface area contributed by atoms with E-state index in [9.17, 15) is 4.79 Å². The Balaban J connectivity index is 1.49. The van der Waals surface area contributed by atoms with Crippen molar-refractivity contribution in [2.45, 2.75) is 45.1 Å². The molecule has 1 aromatic rings. The third-order valence-corrected chi connectivity index (χ3v) is 7.11. The number of halogens is 1. The van der Waals surface area contributed by atoms with E-state index in [1.807, 2.05) is 13.0 Å². The average Bonchev–Trinajstić information content (AvgIpc) is 3.29. The van der Waals surface area contributed by atoms with Gasteiger partial charge < -0.3 is 14.8 Å². The quantitative estimate of drug-likeness (QED) is 0.785. The van der Waals surface area contributed by atoms with Gasteiger partial charge in [0.1, 0.15) is 0 Å². The van der Waals surface area contributed by atoms with Crippen molar-refractivity contribution >= 4 is 21.8 Å². The van der Waals surface area contributed by atoms with Crippen molar-refractivity contribution in [3.05, 3.63) is 22.2 Å². The first-order valence-corrected chi connectivity index (χ1v) is 10.2. The number of amides is 1. The molecule has 1 aromatic carbocycles. The maximum Gasteiger partial charge on any atom is 0.251 e. The van der Waals surface area contributed by atoms with Crippen LogP contribution in [-0.4, -0.2) is 25.7 Å². The molecule has 0 radical (unpaired) electrons. The fourth-order valence-electron chi connectivity index (χ4n) is 5.62. The molecule has 3 aliphatic carbocycles. The van der Waals surface area contributed by atoms with Crippen LogP contribution < -0.4 is 14.8 Å². The highest BCUT2D eigenvalue weighted by molar-refractivity contribution is 9.10. The first-order chi connectivity index (χ1) is 12.1. The normalized spacial score (nSPS) is 32.5. The highest BCUT2D eigenvalue weighted by atomic mass is 79.9. The number of methoxy groups -OCH3 is 1. The van der Waals surface area contributed by atoms with E-state index in [4.69, 9.17) is 9.47 Å². The predicted molar refractivity (Wildman–Crippen MR) is 100 cm³/mol. The monoisotopic (exact) mass is 407 g/mol. The number of nitrogens with one attached hydrogen (secondary N) is 1. The molecule has 3 saturated carbocycles. The minimum absolute atomic E-state index is 0.00542. The minimum Gasteiger partial charge on any atom is -0.493 e. The van der Waals surface area contributed by atoms with Gasteiger partial charge in [-0.3, -0.25) is 4.79 Å². The first-order valence-electron chi connectivity index (χ1n) is 9.43. The summed E-state index contributed by atoms with van der Waals surface area (Å²) in [6, 6.07) is 3.94. The number of rotatable bonds is 5. The lowest BCUT2D eigenvalue weighted by Crippen LogP contribution is -2.42. The first kappa shape index (κ1) is 17.2. The molecule has 0 saturated heterocycles. The second-order valence-corrected chi connectivity index (χ2v) is 8.51. The molecule has 3 aliphatic rings. The summed E-state index contributed by atoms with van der Waals surface area (Å²) in [4.78, 5) is 12.8. The van der Waals surface area contributed by atoms with Crippen LogP contribution in [0.2, 0.25) is 0 Å². The molecule has 1 amide bonds. The van der Waals surface area contributed by atoms with E-state index in [1.54, 1.807) is 13.2 Å². The third-order valence-electron chi connectivity index (χ3n) is 6.53. The molecule has 3 fully saturated rings. The summed E-state index contributed by atoms with van der Waals surface area (Å²) in [6.07, 6.45) is 6.63. The Labute approximate surface area is 157 Å². The van der Waals surface area contributed by atoms with Crippen molar-refractivity contribution in [1.29, 1.82) is 0 Å². The Morgan fingerprint density at radius 2 is 2.04 bits per heavy atom. The molecule has 0 spiro atoms. The topological polar surface area (TPSA) is 47.6 Å². The summed E-state index contributed by atoms with van der Waals surface area (Å²) in [6.45, 7) is 2.48. The average molecular weight is 408 g/mol. The lowest BCUT2D eigenvalue weighted by atomic mass is 9.79. The molecule has 5 unspecified atom stereocenters. The summed E-state index contributed by atoms with van der Waals surface area (Å²) in [5, 5.41) is 3.31. The third kappa shape index (κ3) is 2.94. The van der Waals surface area contributed by atoms with Crippen LogP contribution in [0.5, 0.6) is 11.5 Å². The summed E-state index contributed by atoms with van der Waals surface area (Å²) in [7, 11) is 1.60.